The van der Waals surface area contributed by atoms with Gasteiger partial charge in [-0.2, -0.15) is 0 Å². The van der Waals surface area contributed by atoms with E-state index in [-0.39, 0.29) is 11.1 Å². The fourth-order valence-electron chi connectivity index (χ4n) is 1.88. The van der Waals surface area contributed by atoms with Gasteiger partial charge in [-0.25, -0.2) is 9.18 Å². The number of aliphatic hydroxyl groups excluding tert-OH is 1. The van der Waals surface area contributed by atoms with Crippen LogP contribution in [0.25, 0.3) is 0 Å². The van der Waals surface area contributed by atoms with E-state index >= 15 is 0 Å². The standard InChI is InChI=1S/C11H12BrFN2O5/c1-2-19-4-6-8(16)7(13)10(20-6)15-3-5(12)9(17)14-11(15)18/h2-3,6-8,10,16H,1,4H2,(H,14,17,18)/t6-,7-,8-,10-/m1/s1. The number of ether oxygens (including phenoxy) is 2. The number of nitrogens with zero attached hydrogens (tertiary/aromatic N) is 1. The Morgan fingerprint density at radius 2 is 2.35 bits per heavy atom. The van der Waals surface area contributed by atoms with Gasteiger partial charge in [-0.1, -0.05) is 6.58 Å². The van der Waals surface area contributed by atoms with Crippen molar-refractivity contribution in [2.24, 2.45) is 0 Å². The first-order chi connectivity index (χ1) is 9.45. The molecule has 0 amide bonds. The highest BCUT2D eigenvalue weighted by atomic mass is 79.9. The molecule has 0 unspecified atom stereocenters. The van der Waals surface area contributed by atoms with Gasteiger partial charge in [-0.3, -0.25) is 14.3 Å². The van der Waals surface area contributed by atoms with Crippen LogP contribution in [0.1, 0.15) is 6.23 Å². The van der Waals surface area contributed by atoms with Crippen LogP contribution in [0, 0.1) is 0 Å². The van der Waals surface area contributed by atoms with E-state index in [9.17, 15) is 19.1 Å². The molecule has 0 spiro atoms. The van der Waals surface area contributed by atoms with Crippen LogP contribution in [0.2, 0.25) is 0 Å². The Balaban J connectivity index is 2.30. The summed E-state index contributed by atoms with van der Waals surface area (Å²) in [5.41, 5.74) is -1.46. The molecule has 1 aliphatic heterocycles. The highest BCUT2D eigenvalue weighted by Gasteiger charge is 2.45. The van der Waals surface area contributed by atoms with Crippen molar-refractivity contribution >= 4 is 15.9 Å². The van der Waals surface area contributed by atoms with E-state index in [1.54, 1.807) is 0 Å². The SMILES string of the molecule is C=COC[C@H]1O[C@@H](n2cc(Br)c(=O)[nH]c2=O)[C@H](F)[C@@H]1O. The fraction of sp³-hybridized carbons (Fsp3) is 0.455. The third-order valence-electron chi connectivity index (χ3n) is 2.87. The fourth-order valence-corrected chi connectivity index (χ4v) is 2.20. The van der Waals surface area contributed by atoms with Gasteiger partial charge in [0.1, 0.15) is 18.8 Å². The molecule has 0 saturated carbocycles. The van der Waals surface area contributed by atoms with Gasteiger partial charge >= 0.3 is 5.69 Å². The molecule has 7 nitrogen and oxygen atoms in total. The lowest BCUT2D eigenvalue weighted by atomic mass is 10.1. The number of alkyl halides is 1. The predicted molar refractivity (Wildman–Crippen MR) is 70.0 cm³/mol. The minimum absolute atomic E-state index is 0.0492. The third kappa shape index (κ3) is 2.69. The predicted octanol–water partition coefficient (Wildman–Crippen LogP) is 0.0556. The summed E-state index contributed by atoms with van der Waals surface area (Å²) in [4.78, 5) is 24.9. The summed E-state index contributed by atoms with van der Waals surface area (Å²) in [6, 6.07) is 0. The number of hydrogen-bond donors (Lipinski definition) is 2. The maximum absolute atomic E-state index is 14.0. The van der Waals surface area contributed by atoms with Crippen LogP contribution >= 0.6 is 15.9 Å². The van der Waals surface area contributed by atoms with Crippen molar-refractivity contribution in [2.75, 3.05) is 6.61 Å². The van der Waals surface area contributed by atoms with Gasteiger partial charge in [-0.05, 0) is 15.9 Å². The van der Waals surface area contributed by atoms with Crippen LogP contribution in [-0.4, -0.2) is 39.6 Å². The quantitative estimate of drug-likeness (QED) is 0.748. The molecule has 0 bridgehead atoms. The lowest BCUT2D eigenvalue weighted by Gasteiger charge is -2.16. The Bertz CT molecular complexity index is 616. The number of aromatic nitrogens is 2. The summed E-state index contributed by atoms with van der Waals surface area (Å²) < 4.78 is 25.1. The number of hydrogen-bond acceptors (Lipinski definition) is 5. The number of aromatic amines is 1. The zero-order valence-corrected chi connectivity index (χ0v) is 11.7. The Kier molecular flexibility index (Phi) is 4.41. The summed E-state index contributed by atoms with van der Waals surface area (Å²) in [6.45, 7) is 3.23. The van der Waals surface area contributed by atoms with Crippen LogP contribution in [0.15, 0.2) is 33.1 Å². The van der Waals surface area contributed by atoms with Gasteiger partial charge in [0.2, 0.25) is 0 Å². The summed E-state index contributed by atoms with van der Waals surface area (Å²) in [7, 11) is 0. The molecular formula is C11H12BrFN2O5. The first kappa shape index (κ1) is 14.9. The smallest absolute Gasteiger partial charge is 0.330 e. The zero-order valence-electron chi connectivity index (χ0n) is 10.2. The van der Waals surface area contributed by atoms with Gasteiger partial charge in [0.15, 0.2) is 12.4 Å². The second-order valence-corrected chi connectivity index (χ2v) is 5.00. The number of rotatable bonds is 4. The molecule has 2 N–H and O–H groups in total. The molecule has 0 aliphatic carbocycles. The minimum Gasteiger partial charge on any atom is -0.499 e. The van der Waals surface area contributed by atoms with E-state index in [4.69, 9.17) is 9.47 Å². The normalized spacial score (nSPS) is 29.4. The van der Waals surface area contributed by atoms with Crippen LogP contribution < -0.4 is 11.2 Å². The lowest BCUT2D eigenvalue weighted by Crippen LogP contribution is -2.36. The summed E-state index contributed by atoms with van der Waals surface area (Å²) in [5, 5.41) is 9.72. The Morgan fingerprint density at radius 3 is 3.00 bits per heavy atom. The second-order valence-electron chi connectivity index (χ2n) is 4.14. The first-order valence-electron chi connectivity index (χ1n) is 5.66. The molecule has 1 aliphatic rings. The van der Waals surface area contributed by atoms with Gasteiger partial charge < -0.3 is 14.6 Å². The van der Waals surface area contributed by atoms with Crippen molar-refractivity contribution in [3.05, 3.63) is 44.3 Å². The van der Waals surface area contributed by atoms with Gasteiger partial charge in [0.05, 0.1) is 10.7 Å². The molecule has 1 aromatic rings. The monoisotopic (exact) mass is 350 g/mol. The molecule has 1 saturated heterocycles. The van der Waals surface area contributed by atoms with Crippen LogP contribution in [0.5, 0.6) is 0 Å². The highest BCUT2D eigenvalue weighted by molar-refractivity contribution is 9.10. The maximum Gasteiger partial charge on any atom is 0.330 e. The van der Waals surface area contributed by atoms with Crippen LogP contribution in [0.4, 0.5) is 4.39 Å². The van der Waals surface area contributed by atoms with E-state index in [2.05, 4.69) is 22.5 Å². The Morgan fingerprint density at radius 1 is 1.65 bits per heavy atom. The van der Waals surface area contributed by atoms with Crippen molar-refractivity contribution in [1.82, 2.24) is 9.55 Å². The van der Waals surface area contributed by atoms with E-state index in [0.717, 1.165) is 17.0 Å². The lowest BCUT2D eigenvalue weighted by molar-refractivity contribution is -0.0515. The third-order valence-corrected chi connectivity index (χ3v) is 3.44. The van der Waals surface area contributed by atoms with E-state index in [1.807, 2.05) is 4.98 Å². The number of halogens is 2. The summed E-state index contributed by atoms with van der Waals surface area (Å²) >= 11 is 2.94. The van der Waals surface area contributed by atoms with Crippen molar-refractivity contribution in [2.45, 2.75) is 24.6 Å². The van der Waals surface area contributed by atoms with Crippen molar-refractivity contribution in [1.29, 1.82) is 0 Å². The van der Waals surface area contributed by atoms with Gasteiger partial charge in [0, 0.05) is 6.20 Å². The molecule has 2 rings (SSSR count). The van der Waals surface area contributed by atoms with Gasteiger partial charge in [0.25, 0.3) is 5.56 Å². The summed E-state index contributed by atoms with van der Waals surface area (Å²) in [5.74, 6) is 0. The minimum atomic E-state index is -1.83. The number of aliphatic hydroxyl groups is 1. The molecule has 9 heteroatoms. The molecule has 1 fully saturated rings. The van der Waals surface area contributed by atoms with Crippen molar-refractivity contribution in [3.8, 4) is 0 Å². The topological polar surface area (TPSA) is 93.5 Å². The van der Waals surface area contributed by atoms with E-state index < -0.39 is 35.9 Å². The second kappa shape index (κ2) is 5.90. The zero-order chi connectivity index (χ0) is 14.9. The maximum atomic E-state index is 14.0. The molecule has 110 valence electrons. The van der Waals surface area contributed by atoms with Crippen molar-refractivity contribution < 1.29 is 19.0 Å². The molecular weight excluding hydrogens is 339 g/mol. The molecule has 0 radical (unpaired) electrons. The Hall–Kier alpha value is -1.45. The molecule has 2 heterocycles. The van der Waals surface area contributed by atoms with Gasteiger partial charge in [-0.15, -0.1) is 0 Å². The molecule has 20 heavy (non-hydrogen) atoms. The molecule has 1 aromatic heterocycles. The van der Waals surface area contributed by atoms with Crippen LogP contribution in [-0.2, 0) is 9.47 Å². The Labute approximate surface area is 120 Å². The summed E-state index contributed by atoms with van der Waals surface area (Å²) in [6.07, 6.45) is -3.31. The number of nitrogens with one attached hydrogen (secondary N) is 1. The molecule has 0 aromatic carbocycles. The number of H-pyrrole nitrogens is 1. The average Bonchev–Trinajstić information content (AvgIpc) is 2.68. The van der Waals surface area contributed by atoms with Crippen molar-refractivity contribution in [3.63, 3.8) is 0 Å². The largest absolute Gasteiger partial charge is 0.499 e. The van der Waals surface area contributed by atoms with E-state index in [0.29, 0.717) is 0 Å². The average molecular weight is 351 g/mol. The molecule has 4 atom stereocenters. The van der Waals surface area contributed by atoms with E-state index in [1.165, 1.54) is 0 Å². The van der Waals surface area contributed by atoms with Crippen LogP contribution in [0.3, 0.4) is 0 Å². The highest BCUT2D eigenvalue weighted by Crippen LogP contribution is 2.31. The first-order valence-corrected chi connectivity index (χ1v) is 6.46.